The molecule has 2 aromatic rings. The normalized spacial score (nSPS) is 21.8. The SMILES string of the molecule is CCCCOc1ccc(C[C@H](NC(=O)O[C@H]2CO[C@H]3OCC[C@H]32)[C@H](O)CN(CC(C)C)[S+]([O-])c2ccc(OC)cc2)cc1. The molecule has 10 nitrogen and oxygen atoms in total. The number of methoxy groups -OCH3 is 1. The lowest BCUT2D eigenvalue weighted by molar-refractivity contribution is -0.0907. The Bertz CT molecular complexity index is 1120. The van der Waals surface area contributed by atoms with Gasteiger partial charge in [-0.2, -0.15) is 0 Å². The highest BCUT2D eigenvalue weighted by Crippen LogP contribution is 2.33. The molecule has 238 valence electrons. The lowest BCUT2D eigenvalue weighted by Crippen LogP contribution is -2.51. The summed E-state index contributed by atoms with van der Waals surface area (Å²) < 4.78 is 43.3. The summed E-state index contributed by atoms with van der Waals surface area (Å²) in [4.78, 5) is 13.7. The molecule has 0 saturated carbocycles. The van der Waals surface area contributed by atoms with E-state index in [2.05, 4.69) is 12.2 Å². The number of alkyl carbamates (subject to hydrolysis) is 1. The highest BCUT2D eigenvalue weighted by Gasteiger charge is 2.44. The van der Waals surface area contributed by atoms with E-state index < -0.39 is 35.7 Å². The fraction of sp³-hybridized carbons (Fsp3) is 0.594. The molecule has 43 heavy (non-hydrogen) atoms. The summed E-state index contributed by atoms with van der Waals surface area (Å²) in [6, 6.07) is 14.0. The summed E-state index contributed by atoms with van der Waals surface area (Å²) in [6.45, 7) is 8.25. The van der Waals surface area contributed by atoms with Crippen molar-refractivity contribution in [1.29, 1.82) is 0 Å². The van der Waals surface area contributed by atoms with Crippen LogP contribution in [0.25, 0.3) is 0 Å². The molecule has 0 spiro atoms. The van der Waals surface area contributed by atoms with E-state index in [1.54, 1.807) is 35.7 Å². The standard InChI is InChI=1S/C32H46N2O8S/c1-5-6-16-39-25-9-7-23(8-10-25)18-28(33-32(36)42-30-21-41-31-27(30)15-17-40-31)29(35)20-34(19-22(2)3)43(37)26-13-11-24(38-4)12-14-26/h7-14,22,27-31,35H,5-6,15-21H2,1-4H3,(H,33,36)/t27-,28-,29+,30-,31+,43?/m0/s1. The van der Waals surface area contributed by atoms with Crippen molar-refractivity contribution in [3.05, 3.63) is 54.1 Å². The second kappa shape index (κ2) is 16.5. The Kier molecular flexibility index (Phi) is 12.8. The van der Waals surface area contributed by atoms with Crippen LogP contribution in [0, 0.1) is 11.8 Å². The van der Waals surface area contributed by atoms with Crippen molar-refractivity contribution in [2.75, 3.05) is 40.0 Å². The molecule has 2 heterocycles. The van der Waals surface area contributed by atoms with Crippen LogP contribution in [0.2, 0.25) is 0 Å². The first-order chi connectivity index (χ1) is 20.8. The molecule has 1 amide bonds. The molecule has 0 aromatic heterocycles. The van der Waals surface area contributed by atoms with Gasteiger partial charge in [0.1, 0.15) is 17.6 Å². The van der Waals surface area contributed by atoms with Gasteiger partial charge in [0.25, 0.3) is 0 Å². The average Bonchev–Trinajstić information content (AvgIpc) is 3.62. The minimum Gasteiger partial charge on any atom is -0.593 e. The number of benzene rings is 2. The van der Waals surface area contributed by atoms with E-state index in [1.807, 2.05) is 38.1 Å². The number of aliphatic hydroxyl groups is 1. The zero-order valence-corrected chi connectivity index (χ0v) is 26.4. The molecule has 2 aliphatic rings. The van der Waals surface area contributed by atoms with Gasteiger partial charge in [0, 0.05) is 6.54 Å². The molecule has 0 aliphatic carbocycles. The van der Waals surface area contributed by atoms with Crippen molar-refractivity contribution in [1.82, 2.24) is 9.62 Å². The second-order valence-corrected chi connectivity index (χ2v) is 13.0. The highest BCUT2D eigenvalue weighted by atomic mass is 32.2. The van der Waals surface area contributed by atoms with E-state index in [0.29, 0.717) is 36.8 Å². The van der Waals surface area contributed by atoms with Crippen LogP contribution < -0.4 is 14.8 Å². The molecule has 2 N–H and O–H groups in total. The van der Waals surface area contributed by atoms with Crippen LogP contribution >= 0.6 is 0 Å². The van der Waals surface area contributed by atoms with Gasteiger partial charge in [-0.05, 0) is 67.1 Å². The van der Waals surface area contributed by atoms with E-state index in [1.165, 1.54) is 0 Å². The molecule has 6 atom stereocenters. The van der Waals surface area contributed by atoms with Crippen LogP contribution in [0.5, 0.6) is 11.5 Å². The van der Waals surface area contributed by atoms with E-state index in [0.717, 1.165) is 30.6 Å². The molecule has 2 saturated heterocycles. The Labute approximate surface area is 258 Å². The number of aliphatic hydroxyl groups excluding tert-OH is 1. The number of rotatable bonds is 16. The molecule has 0 radical (unpaired) electrons. The fourth-order valence-electron chi connectivity index (χ4n) is 5.26. The molecular weight excluding hydrogens is 572 g/mol. The number of carbonyl (C=O) groups excluding carboxylic acids is 1. The van der Waals surface area contributed by atoms with Gasteiger partial charge < -0.3 is 38.7 Å². The summed E-state index contributed by atoms with van der Waals surface area (Å²) in [7, 11) is 1.58. The van der Waals surface area contributed by atoms with Crippen LogP contribution in [0.4, 0.5) is 4.79 Å². The third-order valence-electron chi connectivity index (χ3n) is 7.61. The number of nitrogens with zero attached hydrogens (tertiary/aromatic N) is 1. The third kappa shape index (κ3) is 9.72. The molecule has 4 rings (SSSR count). The third-order valence-corrected chi connectivity index (χ3v) is 9.05. The van der Waals surface area contributed by atoms with Gasteiger partial charge in [0.15, 0.2) is 11.2 Å². The van der Waals surface area contributed by atoms with Gasteiger partial charge in [-0.15, -0.1) is 4.31 Å². The Balaban J connectivity index is 1.47. The van der Waals surface area contributed by atoms with Gasteiger partial charge in [0.05, 0.1) is 62.9 Å². The largest absolute Gasteiger partial charge is 0.593 e. The predicted molar refractivity (Wildman–Crippen MR) is 163 cm³/mol. The summed E-state index contributed by atoms with van der Waals surface area (Å²) in [5, 5.41) is 14.5. The number of unbranched alkanes of at least 4 members (excludes halogenated alkanes) is 1. The van der Waals surface area contributed by atoms with Crippen molar-refractivity contribution in [2.45, 2.75) is 75.9 Å². The smallest absolute Gasteiger partial charge is 0.407 e. The maximum Gasteiger partial charge on any atom is 0.407 e. The van der Waals surface area contributed by atoms with Crippen molar-refractivity contribution in [3.8, 4) is 11.5 Å². The van der Waals surface area contributed by atoms with Gasteiger partial charge in [0.2, 0.25) is 0 Å². The van der Waals surface area contributed by atoms with Crippen molar-refractivity contribution < 1.29 is 38.1 Å². The Morgan fingerprint density at radius 3 is 2.51 bits per heavy atom. The van der Waals surface area contributed by atoms with E-state index >= 15 is 0 Å². The molecular formula is C32H46N2O8S. The Morgan fingerprint density at radius 1 is 1.12 bits per heavy atom. The van der Waals surface area contributed by atoms with Crippen LogP contribution in [-0.4, -0.2) is 84.6 Å². The van der Waals surface area contributed by atoms with E-state index in [9.17, 15) is 14.5 Å². The number of nitrogens with one attached hydrogen (secondary N) is 1. The summed E-state index contributed by atoms with van der Waals surface area (Å²) in [5.74, 6) is 1.64. The summed E-state index contributed by atoms with van der Waals surface area (Å²) in [6.07, 6.45) is 0.715. The van der Waals surface area contributed by atoms with Gasteiger partial charge in [-0.25, -0.2) is 4.79 Å². The summed E-state index contributed by atoms with van der Waals surface area (Å²) >= 11 is -1.54. The number of fused-ring (bicyclic) bond motifs is 1. The number of hydrogen-bond acceptors (Lipinski definition) is 9. The maximum atomic E-state index is 13.6. The summed E-state index contributed by atoms with van der Waals surface area (Å²) in [5.41, 5.74) is 0.910. The molecule has 2 aliphatic heterocycles. The zero-order chi connectivity index (χ0) is 30.8. The first-order valence-electron chi connectivity index (χ1n) is 15.2. The van der Waals surface area contributed by atoms with Gasteiger partial charge in [-0.1, -0.05) is 39.3 Å². The lowest BCUT2D eigenvalue weighted by atomic mass is 10.0. The first kappa shape index (κ1) is 33.4. The average molecular weight is 619 g/mol. The molecule has 2 fully saturated rings. The lowest BCUT2D eigenvalue weighted by Gasteiger charge is -2.31. The van der Waals surface area contributed by atoms with Gasteiger partial charge >= 0.3 is 6.09 Å². The van der Waals surface area contributed by atoms with Crippen LogP contribution in [-0.2, 0) is 32.0 Å². The minimum absolute atomic E-state index is 0.00262. The van der Waals surface area contributed by atoms with Crippen molar-refractivity contribution in [3.63, 3.8) is 0 Å². The number of hydrogen-bond donors (Lipinski definition) is 2. The van der Waals surface area contributed by atoms with E-state index in [-0.39, 0.29) is 31.3 Å². The number of ether oxygens (including phenoxy) is 5. The molecule has 1 unspecified atom stereocenters. The molecule has 2 aromatic carbocycles. The number of carbonyl (C=O) groups is 1. The highest BCUT2D eigenvalue weighted by molar-refractivity contribution is 7.89. The predicted octanol–water partition coefficient (Wildman–Crippen LogP) is 4.31. The zero-order valence-electron chi connectivity index (χ0n) is 25.6. The quantitative estimate of drug-likeness (QED) is 0.209. The fourth-order valence-corrected chi connectivity index (χ4v) is 6.65. The maximum absolute atomic E-state index is 13.6. The van der Waals surface area contributed by atoms with Crippen LogP contribution in [0.3, 0.4) is 0 Å². The second-order valence-electron chi connectivity index (χ2n) is 11.5. The first-order valence-corrected chi connectivity index (χ1v) is 16.3. The minimum atomic E-state index is -1.54. The van der Waals surface area contributed by atoms with E-state index in [4.69, 9.17) is 23.7 Å². The monoisotopic (exact) mass is 618 g/mol. The topological polar surface area (TPSA) is 122 Å². The van der Waals surface area contributed by atoms with Crippen molar-refractivity contribution >= 4 is 17.5 Å². The molecule has 0 bridgehead atoms. The Hall–Kier alpha value is -2.54. The molecule has 11 heteroatoms. The van der Waals surface area contributed by atoms with Crippen molar-refractivity contribution in [2.24, 2.45) is 11.8 Å². The van der Waals surface area contributed by atoms with Gasteiger partial charge in [-0.3, -0.25) is 0 Å². The van der Waals surface area contributed by atoms with Crippen LogP contribution in [0.15, 0.2) is 53.4 Å². The number of amides is 1. The van der Waals surface area contributed by atoms with Crippen LogP contribution in [0.1, 0.15) is 45.6 Å². The Morgan fingerprint density at radius 2 is 1.84 bits per heavy atom.